The lowest BCUT2D eigenvalue weighted by Crippen LogP contribution is -2.13. The topological polar surface area (TPSA) is 111 Å². The fourth-order valence-electron chi connectivity index (χ4n) is 2.52. The highest BCUT2D eigenvalue weighted by Crippen LogP contribution is 2.17. The van der Waals surface area contributed by atoms with E-state index in [1.165, 1.54) is 0 Å². The zero-order valence-electron chi connectivity index (χ0n) is 14.9. The number of benzene rings is 2. The number of carbonyl (C=O) groups is 2. The van der Waals surface area contributed by atoms with Crippen LogP contribution in [-0.4, -0.2) is 22.0 Å². The van der Waals surface area contributed by atoms with Crippen LogP contribution in [0.25, 0.3) is 11.4 Å². The van der Waals surface area contributed by atoms with Crippen LogP contribution in [-0.2, 0) is 11.2 Å². The molecule has 1 aromatic heterocycles. The van der Waals surface area contributed by atoms with Crippen LogP contribution in [0.1, 0.15) is 34.7 Å². The first-order valence-electron chi connectivity index (χ1n) is 8.60. The minimum atomic E-state index is -0.502. The maximum atomic E-state index is 12.0. The van der Waals surface area contributed by atoms with Crippen molar-refractivity contribution in [3.63, 3.8) is 0 Å². The molecule has 0 aliphatic heterocycles. The smallest absolute Gasteiger partial charge is 0.248 e. The Morgan fingerprint density at radius 2 is 1.78 bits per heavy atom. The van der Waals surface area contributed by atoms with Gasteiger partial charge in [0.2, 0.25) is 23.5 Å². The first-order valence-corrected chi connectivity index (χ1v) is 8.60. The molecule has 0 spiro atoms. The van der Waals surface area contributed by atoms with E-state index in [0.29, 0.717) is 42.2 Å². The highest BCUT2D eigenvalue weighted by atomic mass is 16.5. The molecule has 0 fully saturated rings. The van der Waals surface area contributed by atoms with Crippen LogP contribution < -0.4 is 11.1 Å². The molecule has 1 heterocycles. The zero-order valence-corrected chi connectivity index (χ0v) is 14.9. The Bertz CT molecular complexity index is 931. The molecule has 0 bridgehead atoms. The van der Waals surface area contributed by atoms with Crippen LogP contribution in [0.2, 0.25) is 0 Å². The SMILES string of the molecule is Cc1ccc(-c2noc(CCCC(=O)Nc3ccc(C(N)=O)cc3)n2)cc1. The average Bonchev–Trinajstić information content (AvgIpc) is 3.11. The van der Waals surface area contributed by atoms with Gasteiger partial charge in [-0.15, -0.1) is 0 Å². The molecule has 3 rings (SSSR count). The summed E-state index contributed by atoms with van der Waals surface area (Å²) in [7, 11) is 0. The van der Waals surface area contributed by atoms with Gasteiger partial charge in [-0.1, -0.05) is 35.0 Å². The van der Waals surface area contributed by atoms with Gasteiger partial charge in [0.1, 0.15) is 0 Å². The number of aromatic nitrogens is 2. The third-order valence-electron chi connectivity index (χ3n) is 4.03. The molecule has 7 heteroatoms. The van der Waals surface area contributed by atoms with E-state index in [-0.39, 0.29) is 5.91 Å². The van der Waals surface area contributed by atoms with E-state index in [2.05, 4.69) is 15.5 Å². The lowest BCUT2D eigenvalue weighted by atomic mass is 10.1. The van der Waals surface area contributed by atoms with Crippen LogP contribution in [0.15, 0.2) is 53.1 Å². The molecule has 0 atom stereocenters. The van der Waals surface area contributed by atoms with E-state index in [1.54, 1.807) is 24.3 Å². The Morgan fingerprint density at radius 1 is 1.07 bits per heavy atom. The summed E-state index contributed by atoms with van der Waals surface area (Å²) in [5.41, 5.74) is 8.26. The van der Waals surface area contributed by atoms with Gasteiger partial charge in [0.05, 0.1) is 0 Å². The second-order valence-electron chi connectivity index (χ2n) is 6.22. The van der Waals surface area contributed by atoms with Crippen LogP contribution in [0.5, 0.6) is 0 Å². The van der Waals surface area contributed by atoms with Crippen LogP contribution in [0.3, 0.4) is 0 Å². The number of nitrogens with two attached hydrogens (primary N) is 1. The number of hydrogen-bond donors (Lipinski definition) is 2. The number of rotatable bonds is 7. The average molecular weight is 364 g/mol. The van der Waals surface area contributed by atoms with E-state index in [9.17, 15) is 9.59 Å². The third-order valence-corrected chi connectivity index (χ3v) is 4.03. The van der Waals surface area contributed by atoms with E-state index in [1.807, 2.05) is 31.2 Å². The van der Waals surface area contributed by atoms with Crippen molar-refractivity contribution in [3.05, 3.63) is 65.5 Å². The summed E-state index contributed by atoms with van der Waals surface area (Å²) in [6.45, 7) is 2.02. The molecule has 3 aromatic rings. The van der Waals surface area contributed by atoms with Gasteiger partial charge in [-0.3, -0.25) is 9.59 Å². The zero-order chi connectivity index (χ0) is 19.2. The van der Waals surface area contributed by atoms with Gasteiger partial charge >= 0.3 is 0 Å². The van der Waals surface area contributed by atoms with Crippen molar-refractivity contribution >= 4 is 17.5 Å². The Balaban J connectivity index is 1.47. The fraction of sp³-hybridized carbons (Fsp3) is 0.200. The van der Waals surface area contributed by atoms with Crippen molar-refractivity contribution in [1.29, 1.82) is 0 Å². The van der Waals surface area contributed by atoms with Gasteiger partial charge in [-0.05, 0) is 37.6 Å². The summed E-state index contributed by atoms with van der Waals surface area (Å²) in [5.74, 6) is 0.422. The number of hydrogen-bond acceptors (Lipinski definition) is 5. The lowest BCUT2D eigenvalue weighted by Gasteiger charge is -2.05. The number of nitrogens with zero attached hydrogens (tertiary/aromatic N) is 2. The molecule has 3 N–H and O–H groups in total. The molecule has 2 aromatic carbocycles. The molecule has 27 heavy (non-hydrogen) atoms. The fourth-order valence-corrected chi connectivity index (χ4v) is 2.52. The van der Waals surface area contributed by atoms with E-state index < -0.39 is 5.91 Å². The van der Waals surface area contributed by atoms with E-state index in [0.717, 1.165) is 11.1 Å². The van der Waals surface area contributed by atoms with Gasteiger partial charge in [-0.25, -0.2) is 0 Å². The minimum Gasteiger partial charge on any atom is -0.366 e. The summed E-state index contributed by atoms with van der Waals surface area (Å²) < 4.78 is 5.25. The largest absolute Gasteiger partial charge is 0.366 e. The summed E-state index contributed by atoms with van der Waals surface area (Å²) >= 11 is 0. The molecular formula is C20H20N4O3. The van der Waals surface area contributed by atoms with Crippen molar-refractivity contribution in [2.75, 3.05) is 5.32 Å². The maximum absolute atomic E-state index is 12.0. The first-order chi connectivity index (χ1) is 13.0. The molecule has 138 valence electrons. The predicted molar refractivity (Wildman–Crippen MR) is 101 cm³/mol. The molecule has 0 saturated carbocycles. The molecule has 0 saturated heterocycles. The van der Waals surface area contributed by atoms with Crippen molar-refractivity contribution in [1.82, 2.24) is 10.1 Å². The molecule has 2 amide bonds. The lowest BCUT2D eigenvalue weighted by molar-refractivity contribution is -0.116. The molecule has 0 aliphatic carbocycles. The van der Waals surface area contributed by atoms with Crippen LogP contribution in [0, 0.1) is 6.92 Å². The van der Waals surface area contributed by atoms with Crippen LogP contribution >= 0.6 is 0 Å². The Kier molecular flexibility index (Phi) is 5.61. The molecular weight excluding hydrogens is 344 g/mol. The number of nitrogens with one attached hydrogen (secondary N) is 1. The van der Waals surface area contributed by atoms with Crippen molar-refractivity contribution in [2.24, 2.45) is 5.73 Å². The van der Waals surface area contributed by atoms with Gasteiger partial charge in [0.25, 0.3) is 0 Å². The third kappa shape index (κ3) is 5.01. The normalized spacial score (nSPS) is 10.6. The maximum Gasteiger partial charge on any atom is 0.248 e. The quantitative estimate of drug-likeness (QED) is 0.669. The highest BCUT2D eigenvalue weighted by Gasteiger charge is 2.10. The van der Waals surface area contributed by atoms with Gasteiger partial charge < -0.3 is 15.6 Å². The van der Waals surface area contributed by atoms with Gasteiger partial charge in [-0.2, -0.15) is 4.98 Å². The number of aryl methyl sites for hydroxylation is 2. The summed E-state index contributed by atoms with van der Waals surface area (Å²) in [6, 6.07) is 14.3. The first kappa shape index (κ1) is 18.3. The van der Waals surface area contributed by atoms with E-state index >= 15 is 0 Å². The number of primary amides is 1. The predicted octanol–water partition coefficient (Wildman–Crippen LogP) is 3.11. The summed E-state index contributed by atoms with van der Waals surface area (Å²) in [6.07, 6.45) is 1.42. The van der Waals surface area contributed by atoms with Crippen molar-refractivity contribution < 1.29 is 14.1 Å². The second-order valence-corrected chi connectivity index (χ2v) is 6.22. The minimum absolute atomic E-state index is 0.125. The molecule has 7 nitrogen and oxygen atoms in total. The van der Waals surface area contributed by atoms with Crippen LogP contribution in [0.4, 0.5) is 5.69 Å². The van der Waals surface area contributed by atoms with Gasteiger partial charge in [0.15, 0.2) is 0 Å². The Morgan fingerprint density at radius 3 is 2.44 bits per heavy atom. The highest BCUT2D eigenvalue weighted by molar-refractivity contribution is 5.94. The van der Waals surface area contributed by atoms with E-state index in [4.69, 9.17) is 10.3 Å². The monoisotopic (exact) mass is 364 g/mol. The summed E-state index contributed by atoms with van der Waals surface area (Å²) in [5, 5.41) is 6.75. The Hall–Kier alpha value is -3.48. The van der Waals surface area contributed by atoms with Crippen molar-refractivity contribution in [2.45, 2.75) is 26.2 Å². The molecule has 0 unspecified atom stereocenters. The summed E-state index contributed by atoms with van der Waals surface area (Å²) in [4.78, 5) is 27.4. The second kappa shape index (κ2) is 8.27. The standard InChI is InChI=1S/C20H20N4O3/c1-13-5-7-15(8-6-13)20-23-18(27-24-20)4-2-3-17(25)22-16-11-9-14(10-12-16)19(21)26/h5-12H,2-4H2,1H3,(H2,21,26)(H,22,25). The Labute approximate surface area is 156 Å². The molecule has 0 radical (unpaired) electrons. The van der Waals surface area contributed by atoms with Gasteiger partial charge in [0, 0.05) is 29.7 Å². The number of anilines is 1. The van der Waals surface area contributed by atoms with Crippen molar-refractivity contribution in [3.8, 4) is 11.4 Å². The molecule has 0 aliphatic rings. The number of amides is 2. The number of carbonyl (C=O) groups excluding carboxylic acids is 2.